The highest BCUT2D eigenvalue weighted by Gasteiger charge is 2.14. The van der Waals surface area contributed by atoms with Crippen LogP contribution in [0.25, 0.3) is 0 Å². The van der Waals surface area contributed by atoms with E-state index < -0.39 is 10.0 Å². The van der Waals surface area contributed by atoms with Gasteiger partial charge in [-0.15, -0.1) is 0 Å². The lowest BCUT2D eigenvalue weighted by Crippen LogP contribution is -2.29. The van der Waals surface area contributed by atoms with Gasteiger partial charge in [0.15, 0.2) is 0 Å². The fourth-order valence-corrected chi connectivity index (χ4v) is 3.40. The highest BCUT2D eigenvalue weighted by molar-refractivity contribution is 7.89. The zero-order valence-electron chi connectivity index (χ0n) is 13.3. The van der Waals surface area contributed by atoms with Gasteiger partial charge in [0, 0.05) is 18.7 Å². The van der Waals surface area contributed by atoms with E-state index in [1.54, 1.807) is 24.3 Å². The third-order valence-electron chi connectivity index (χ3n) is 3.74. The van der Waals surface area contributed by atoms with Gasteiger partial charge in [-0.25, -0.2) is 18.6 Å². The number of nitrogens with zero attached hydrogens (tertiary/aromatic N) is 1. The van der Waals surface area contributed by atoms with Crippen LogP contribution in [-0.2, 0) is 14.8 Å². The first-order valence-electron chi connectivity index (χ1n) is 7.88. The molecular weight excluding hydrogens is 314 g/mol. The van der Waals surface area contributed by atoms with Gasteiger partial charge in [0.05, 0.1) is 4.90 Å². The maximum atomic E-state index is 12.1. The lowest BCUT2D eigenvalue weighted by Gasteiger charge is -2.12. The van der Waals surface area contributed by atoms with Crippen LogP contribution in [0.4, 0.5) is 0 Å². The smallest absolute Gasteiger partial charge is 0.241 e. The largest absolute Gasteiger partial charge is 0.273 e. The molecule has 1 aliphatic carbocycles. The fourth-order valence-electron chi connectivity index (χ4n) is 2.37. The number of hydrogen-bond donors (Lipinski definition) is 2. The maximum absolute atomic E-state index is 12.1. The van der Waals surface area contributed by atoms with Crippen molar-refractivity contribution >= 4 is 21.6 Å². The Kier molecular flexibility index (Phi) is 6.29. The quantitative estimate of drug-likeness (QED) is 0.779. The maximum Gasteiger partial charge on any atom is 0.241 e. The van der Waals surface area contributed by atoms with E-state index in [-0.39, 0.29) is 23.8 Å². The number of rotatable bonds is 6. The summed E-state index contributed by atoms with van der Waals surface area (Å²) in [5.74, 6) is -0.283. The monoisotopic (exact) mass is 337 g/mol. The second kappa shape index (κ2) is 8.21. The summed E-state index contributed by atoms with van der Waals surface area (Å²) >= 11 is 0. The molecule has 6 nitrogen and oxygen atoms in total. The van der Waals surface area contributed by atoms with Crippen LogP contribution < -0.4 is 10.1 Å². The molecule has 0 bridgehead atoms. The van der Waals surface area contributed by atoms with Crippen LogP contribution in [0.15, 0.2) is 34.3 Å². The van der Waals surface area contributed by atoms with Crippen LogP contribution in [0.1, 0.15) is 44.1 Å². The molecule has 1 aromatic rings. The van der Waals surface area contributed by atoms with Crippen LogP contribution in [0.2, 0.25) is 0 Å². The number of benzene rings is 1. The molecule has 0 aliphatic heterocycles. The Bertz CT molecular complexity index is 658. The van der Waals surface area contributed by atoms with Crippen molar-refractivity contribution in [1.82, 2.24) is 10.1 Å². The average Bonchev–Trinajstić information content (AvgIpc) is 2.54. The van der Waals surface area contributed by atoms with E-state index in [0.29, 0.717) is 0 Å². The van der Waals surface area contributed by atoms with Crippen molar-refractivity contribution in [3.63, 3.8) is 0 Å². The standard InChI is InChI=1S/C16H23N3O3S/c1-13-7-9-15(10-8-13)23(21,22)17-12-11-16(20)19-18-14-5-3-2-4-6-14/h7-10,17H,2-6,11-12H2,1H3,(H,19,20). The minimum absolute atomic E-state index is 0.0485. The second-order valence-electron chi connectivity index (χ2n) is 5.73. The van der Waals surface area contributed by atoms with Crippen molar-refractivity contribution in [2.45, 2.75) is 50.3 Å². The Hall–Kier alpha value is -1.73. The normalized spacial score (nSPS) is 15.3. The van der Waals surface area contributed by atoms with Crippen molar-refractivity contribution < 1.29 is 13.2 Å². The minimum Gasteiger partial charge on any atom is -0.273 e. The molecule has 0 saturated heterocycles. The molecular formula is C16H23N3O3S. The lowest BCUT2D eigenvalue weighted by molar-refractivity contribution is -0.120. The molecule has 1 aromatic carbocycles. The van der Waals surface area contributed by atoms with Gasteiger partial charge >= 0.3 is 0 Å². The molecule has 0 atom stereocenters. The van der Waals surface area contributed by atoms with Crippen LogP contribution in [0.5, 0.6) is 0 Å². The molecule has 1 fully saturated rings. The summed E-state index contributed by atoms with van der Waals surface area (Å²) in [7, 11) is -3.57. The van der Waals surface area contributed by atoms with E-state index in [2.05, 4.69) is 15.2 Å². The number of nitrogens with one attached hydrogen (secondary N) is 2. The fraction of sp³-hybridized carbons (Fsp3) is 0.500. The van der Waals surface area contributed by atoms with Crippen molar-refractivity contribution in [3.8, 4) is 0 Å². The van der Waals surface area contributed by atoms with Crippen LogP contribution in [0, 0.1) is 6.92 Å². The topological polar surface area (TPSA) is 87.6 Å². The number of carbonyl (C=O) groups is 1. The zero-order valence-corrected chi connectivity index (χ0v) is 14.2. The third kappa shape index (κ3) is 5.76. The van der Waals surface area contributed by atoms with Gasteiger partial charge < -0.3 is 0 Å². The molecule has 126 valence electrons. The van der Waals surface area contributed by atoms with Gasteiger partial charge in [0.2, 0.25) is 15.9 Å². The van der Waals surface area contributed by atoms with Gasteiger partial charge in [0.25, 0.3) is 0 Å². The first-order chi connectivity index (χ1) is 11.0. The number of carbonyl (C=O) groups excluding carboxylic acids is 1. The van der Waals surface area contributed by atoms with Crippen LogP contribution in [0.3, 0.4) is 0 Å². The summed E-state index contributed by atoms with van der Waals surface area (Å²) in [5, 5.41) is 4.11. The van der Waals surface area contributed by atoms with E-state index in [9.17, 15) is 13.2 Å². The third-order valence-corrected chi connectivity index (χ3v) is 5.22. The number of sulfonamides is 1. The Balaban J connectivity index is 1.77. The summed E-state index contributed by atoms with van der Waals surface area (Å²) in [6, 6.07) is 6.57. The van der Waals surface area contributed by atoms with Gasteiger partial charge in [-0.2, -0.15) is 5.10 Å². The summed E-state index contributed by atoms with van der Waals surface area (Å²) in [4.78, 5) is 11.9. The van der Waals surface area contributed by atoms with Crippen LogP contribution >= 0.6 is 0 Å². The molecule has 1 saturated carbocycles. The highest BCUT2D eigenvalue weighted by atomic mass is 32.2. The summed E-state index contributed by atoms with van der Waals surface area (Å²) in [6.07, 6.45) is 5.37. The number of amides is 1. The number of aryl methyl sites for hydroxylation is 1. The Morgan fingerprint density at radius 3 is 2.43 bits per heavy atom. The van der Waals surface area contributed by atoms with Crippen molar-refractivity contribution in [2.75, 3.05) is 6.54 Å². The van der Waals surface area contributed by atoms with Gasteiger partial charge in [-0.3, -0.25) is 4.79 Å². The second-order valence-corrected chi connectivity index (χ2v) is 7.50. The summed E-state index contributed by atoms with van der Waals surface area (Å²) in [6.45, 7) is 1.94. The molecule has 0 spiro atoms. The van der Waals surface area contributed by atoms with E-state index in [1.807, 2.05) is 6.92 Å². The summed E-state index contributed by atoms with van der Waals surface area (Å²) < 4.78 is 26.5. The molecule has 0 radical (unpaired) electrons. The molecule has 2 N–H and O–H groups in total. The Morgan fingerprint density at radius 1 is 1.13 bits per heavy atom. The Morgan fingerprint density at radius 2 is 1.78 bits per heavy atom. The van der Waals surface area contributed by atoms with Crippen molar-refractivity contribution in [3.05, 3.63) is 29.8 Å². The minimum atomic E-state index is -3.57. The first kappa shape index (κ1) is 17.6. The van der Waals surface area contributed by atoms with E-state index in [1.165, 1.54) is 6.42 Å². The molecule has 7 heteroatoms. The van der Waals surface area contributed by atoms with Crippen molar-refractivity contribution in [2.24, 2.45) is 5.10 Å². The molecule has 0 heterocycles. The molecule has 2 rings (SSSR count). The van der Waals surface area contributed by atoms with Gasteiger partial charge in [-0.05, 0) is 44.7 Å². The molecule has 0 unspecified atom stereocenters. The predicted octanol–water partition coefficient (Wildman–Crippen LogP) is 2.10. The molecule has 23 heavy (non-hydrogen) atoms. The van der Waals surface area contributed by atoms with Crippen LogP contribution in [-0.4, -0.2) is 26.6 Å². The number of hydrazone groups is 1. The van der Waals surface area contributed by atoms with Gasteiger partial charge in [0.1, 0.15) is 0 Å². The highest BCUT2D eigenvalue weighted by Crippen LogP contribution is 2.14. The Labute approximate surface area is 137 Å². The zero-order chi connectivity index (χ0) is 16.7. The van der Waals surface area contributed by atoms with Gasteiger partial charge in [-0.1, -0.05) is 24.1 Å². The molecule has 0 aromatic heterocycles. The molecule has 1 amide bonds. The van der Waals surface area contributed by atoms with E-state index in [0.717, 1.165) is 37.0 Å². The van der Waals surface area contributed by atoms with E-state index >= 15 is 0 Å². The lowest BCUT2D eigenvalue weighted by atomic mass is 9.99. The summed E-state index contributed by atoms with van der Waals surface area (Å²) in [5.41, 5.74) is 4.51. The first-order valence-corrected chi connectivity index (χ1v) is 9.36. The van der Waals surface area contributed by atoms with E-state index in [4.69, 9.17) is 0 Å². The number of hydrogen-bond acceptors (Lipinski definition) is 4. The molecule has 1 aliphatic rings. The van der Waals surface area contributed by atoms with Crippen molar-refractivity contribution in [1.29, 1.82) is 0 Å². The predicted molar refractivity (Wildman–Crippen MR) is 89.6 cm³/mol. The average molecular weight is 337 g/mol. The SMILES string of the molecule is Cc1ccc(S(=O)(=O)NCCC(=O)NN=C2CCCCC2)cc1.